The van der Waals surface area contributed by atoms with Gasteiger partial charge in [-0.2, -0.15) is 0 Å². The Morgan fingerprint density at radius 3 is 2.35 bits per heavy atom. The molecule has 1 amide bonds. The van der Waals surface area contributed by atoms with Gasteiger partial charge in [0.1, 0.15) is 10.6 Å². The van der Waals surface area contributed by atoms with E-state index in [2.05, 4.69) is 10.3 Å². The first-order valence-corrected chi connectivity index (χ1v) is 7.38. The minimum Gasteiger partial charge on any atom is -0.444 e. The maximum absolute atomic E-state index is 11.9. The van der Waals surface area contributed by atoms with Crippen molar-refractivity contribution in [1.29, 1.82) is 0 Å². The van der Waals surface area contributed by atoms with Crippen LogP contribution in [0.4, 0.5) is 4.79 Å². The Morgan fingerprint density at radius 1 is 1.35 bits per heavy atom. The van der Waals surface area contributed by atoms with Gasteiger partial charge in [0.15, 0.2) is 5.78 Å². The van der Waals surface area contributed by atoms with E-state index in [1.165, 1.54) is 18.3 Å². The number of nitrogens with zero attached hydrogens (tertiary/aromatic N) is 1. The molecule has 112 valence electrons. The molecule has 1 aromatic heterocycles. The molecule has 1 atom stereocenters. The van der Waals surface area contributed by atoms with Crippen LogP contribution in [-0.2, 0) is 4.74 Å². The number of ether oxygens (including phenoxy) is 1. The van der Waals surface area contributed by atoms with Crippen LogP contribution in [0.3, 0.4) is 0 Å². The molecule has 0 aliphatic rings. The summed E-state index contributed by atoms with van der Waals surface area (Å²) in [6, 6.07) is -0.261. The highest BCUT2D eigenvalue weighted by Crippen LogP contribution is 2.26. The van der Waals surface area contributed by atoms with Crippen LogP contribution in [-0.4, -0.2) is 22.5 Å². The smallest absolute Gasteiger partial charge is 0.408 e. The van der Waals surface area contributed by atoms with Crippen molar-refractivity contribution >= 4 is 23.2 Å². The quantitative estimate of drug-likeness (QED) is 0.863. The van der Waals surface area contributed by atoms with E-state index < -0.39 is 11.7 Å². The van der Waals surface area contributed by atoms with Crippen molar-refractivity contribution in [3.05, 3.63) is 16.1 Å². The summed E-state index contributed by atoms with van der Waals surface area (Å²) in [7, 11) is 0. The fourth-order valence-electron chi connectivity index (χ4n) is 1.54. The largest absolute Gasteiger partial charge is 0.444 e. The molecule has 0 spiro atoms. The van der Waals surface area contributed by atoms with Crippen molar-refractivity contribution in [3.8, 4) is 0 Å². The minimum absolute atomic E-state index is 0.0199. The number of carbonyl (C=O) groups is 2. The van der Waals surface area contributed by atoms with Gasteiger partial charge in [0.25, 0.3) is 0 Å². The van der Waals surface area contributed by atoms with Crippen LogP contribution < -0.4 is 5.32 Å². The molecule has 6 heteroatoms. The van der Waals surface area contributed by atoms with Gasteiger partial charge in [-0.25, -0.2) is 9.78 Å². The molecule has 5 nitrogen and oxygen atoms in total. The summed E-state index contributed by atoms with van der Waals surface area (Å²) in [4.78, 5) is 28.0. The fraction of sp³-hybridized carbons (Fsp3) is 0.643. The monoisotopic (exact) mass is 298 g/mol. The lowest BCUT2D eigenvalue weighted by Crippen LogP contribution is -2.36. The maximum Gasteiger partial charge on any atom is 0.408 e. The Morgan fingerprint density at radius 2 is 1.95 bits per heavy atom. The van der Waals surface area contributed by atoms with E-state index in [4.69, 9.17) is 4.74 Å². The van der Waals surface area contributed by atoms with E-state index >= 15 is 0 Å². The fourth-order valence-corrected chi connectivity index (χ4v) is 2.58. The first kappa shape index (κ1) is 16.6. The Bertz CT molecular complexity index is 489. The predicted octanol–water partition coefficient (Wildman–Crippen LogP) is 3.57. The number of nitrogens with one attached hydrogen (secondary N) is 1. The molecule has 0 aromatic carbocycles. The van der Waals surface area contributed by atoms with Crippen molar-refractivity contribution in [3.63, 3.8) is 0 Å². The number of carbonyl (C=O) groups excluding carboxylic acids is 2. The number of rotatable bonds is 4. The van der Waals surface area contributed by atoms with Crippen LogP contribution in [0, 0.1) is 5.92 Å². The number of alkyl carbamates (subject to hydrolysis) is 1. The summed E-state index contributed by atoms with van der Waals surface area (Å²) in [6.45, 7) is 10.9. The first-order chi connectivity index (χ1) is 9.10. The van der Waals surface area contributed by atoms with Gasteiger partial charge in [-0.3, -0.25) is 4.79 Å². The summed E-state index contributed by atoms with van der Waals surface area (Å²) >= 11 is 1.31. The molecule has 0 aliphatic carbocycles. The van der Waals surface area contributed by atoms with Crippen LogP contribution in [0.2, 0.25) is 0 Å². The minimum atomic E-state index is -0.543. The number of thiazole rings is 1. The highest BCUT2D eigenvalue weighted by Gasteiger charge is 2.25. The zero-order valence-electron chi connectivity index (χ0n) is 12.8. The number of hydrogen-bond donors (Lipinski definition) is 1. The summed E-state index contributed by atoms with van der Waals surface area (Å²) in [6.07, 6.45) is 1.07. The summed E-state index contributed by atoms with van der Waals surface area (Å²) in [5.74, 6) is 0.127. The van der Waals surface area contributed by atoms with Crippen LogP contribution in [0.15, 0.2) is 6.20 Å². The van der Waals surface area contributed by atoms with Crippen LogP contribution in [0.1, 0.15) is 62.3 Å². The van der Waals surface area contributed by atoms with Crippen molar-refractivity contribution in [2.75, 3.05) is 0 Å². The van der Waals surface area contributed by atoms with Crippen LogP contribution in [0.5, 0.6) is 0 Å². The molecule has 20 heavy (non-hydrogen) atoms. The highest BCUT2D eigenvalue weighted by atomic mass is 32.1. The molecule has 0 aliphatic heterocycles. The Balaban J connectivity index is 2.84. The van der Waals surface area contributed by atoms with E-state index in [1.54, 1.807) is 6.20 Å². The van der Waals surface area contributed by atoms with Crippen molar-refractivity contribution in [2.45, 2.75) is 53.2 Å². The molecule has 1 N–H and O–H groups in total. The van der Waals surface area contributed by atoms with E-state index in [0.717, 1.165) is 5.01 Å². The SMILES string of the molecule is CC(=O)c1cnc([C@H](NC(=O)OC(C)(C)C)C(C)C)s1. The molecule has 1 heterocycles. The Labute approximate surface area is 123 Å². The van der Waals surface area contributed by atoms with Gasteiger partial charge < -0.3 is 10.1 Å². The second-order valence-electron chi connectivity index (χ2n) is 5.99. The molecule has 0 unspecified atom stereocenters. The van der Waals surface area contributed by atoms with E-state index in [9.17, 15) is 9.59 Å². The molecule has 0 saturated carbocycles. The number of hydrogen-bond acceptors (Lipinski definition) is 5. The van der Waals surface area contributed by atoms with Crippen molar-refractivity contribution in [1.82, 2.24) is 10.3 Å². The summed E-state index contributed by atoms with van der Waals surface area (Å²) in [5, 5.41) is 3.54. The number of aromatic nitrogens is 1. The Kier molecular flexibility index (Phi) is 5.28. The van der Waals surface area contributed by atoms with Gasteiger partial charge in [-0.15, -0.1) is 11.3 Å². The summed E-state index contributed by atoms with van der Waals surface area (Å²) in [5.41, 5.74) is -0.543. The molecule has 0 bridgehead atoms. The zero-order chi connectivity index (χ0) is 15.5. The second-order valence-corrected chi connectivity index (χ2v) is 7.05. The molecule has 1 rings (SSSR count). The topological polar surface area (TPSA) is 68.3 Å². The van der Waals surface area contributed by atoms with Gasteiger partial charge in [0.05, 0.1) is 10.9 Å². The molecule has 1 aromatic rings. The highest BCUT2D eigenvalue weighted by molar-refractivity contribution is 7.13. The molecule has 0 radical (unpaired) electrons. The lowest BCUT2D eigenvalue weighted by atomic mass is 10.1. The third kappa shape index (κ3) is 4.92. The van der Waals surface area contributed by atoms with E-state index in [0.29, 0.717) is 4.88 Å². The van der Waals surface area contributed by atoms with Crippen LogP contribution in [0.25, 0.3) is 0 Å². The molecule has 0 saturated heterocycles. The van der Waals surface area contributed by atoms with Crippen molar-refractivity contribution in [2.24, 2.45) is 5.92 Å². The number of ketones is 1. The number of Topliss-reactive ketones (excluding diaryl/α,β-unsaturated/α-hetero) is 1. The van der Waals surface area contributed by atoms with Gasteiger partial charge >= 0.3 is 6.09 Å². The van der Waals surface area contributed by atoms with Gasteiger partial charge in [0.2, 0.25) is 0 Å². The van der Waals surface area contributed by atoms with E-state index in [-0.39, 0.29) is 17.7 Å². The average Bonchev–Trinajstić information content (AvgIpc) is 2.71. The van der Waals surface area contributed by atoms with Gasteiger partial charge in [-0.1, -0.05) is 13.8 Å². The normalized spacial score (nSPS) is 13.2. The van der Waals surface area contributed by atoms with E-state index in [1.807, 2.05) is 34.6 Å². The third-order valence-corrected chi connectivity index (χ3v) is 3.66. The first-order valence-electron chi connectivity index (χ1n) is 6.56. The summed E-state index contributed by atoms with van der Waals surface area (Å²) < 4.78 is 5.25. The van der Waals surface area contributed by atoms with Gasteiger partial charge in [-0.05, 0) is 26.7 Å². The van der Waals surface area contributed by atoms with Crippen LogP contribution >= 0.6 is 11.3 Å². The lowest BCUT2D eigenvalue weighted by molar-refractivity contribution is 0.0489. The maximum atomic E-state index is 11.9. The molecular weight excluding hydrogens is 276 g/mol. The Hall–Kier alpha value is -1.43. The lowest BCUT2D eigenvalue weighted by Gasteiger charge is -2.24. The standard InChI is InChI=1S/C14H22N2O3S/c1-8(2)11(16-13(18)19-14(4,5)6)12-15-7-10(20-12)9(3)17/h7-8,11H,1-6H3,(H,16,18)/t11-/m1/s1. The van der Waals surface area contributed by atoms with Crippen molar-refractivity contribution < 1.29 is 14.3 Å². The zero-order valence-corrected chi connectivity index (χ0v) is 13.6. The predicted molar refractivity (Wildman–Crippen MR) is 79.1 cm³/mol. The molecular formula is C14H22N2O3S. The average molecular weight is 298 g/mol. The number of amides is 1. The second kappa shape index (κ2) is 6.35. The third-order valence-electron chi connectivity index (χ3n) is 2.48. The van der Waals surface area contributed by atoms with Gasteiger partial charge in [0, 0.05) is 13.1 Å². The molecule has 0 fully saturated rings.